The molecule has 0 fully saturated rings. The molecule has 0 radical (unpaired) electrons. The van der Waals surface area contributed by atoms with Gasteiger partial charge < -0.3 is 9.32 Å². The zero-order valence-electron chi connectivity index (χ0n) is 33.9. The van der Waals surface area contributed by atoms with Crippen LogP contribution in [0.5, 0.6) is 0 Å². The molecule has 1 aliphatic carbocycles. The van der Waals surface area contributed by atoms with Crippen LogP contribution in [-0.4, -0.2) is 0 Å². The molecule has 11 aromatic rings. The molecule has 1 aliphatic rings. The Morgan fingerprint density at radius 3 is 1.50 bits per heavy atom. The van der Waals surface area contributed by atoms with E-state index in [2.05, 4.69) is 229 Å². The van der Waals surface area contributed by atoms with Gasteiger partial charge in [0.2, 0.25) is 0 Å². The van der Waals surface area contributed by atoms with Gasteiger partial charge in [-0.2, -0.15) is 0 Å². The van der Waals surface area contributed by atoms with Crippen LogP contribution in [-0.2, 0) is 0 Å². The Kier molecular flexibility index (Phi) is 8.53. The number of anilines is 3. The van der Waals surface area contributed by atoms with Crippen LogP contribution in [0, 0.1) is 0 Å². The van der Waals surface area contributed by atoms with Gasteiger partial charge in [0.25, 0.3) is 0 Å². The Balaban J connectivity index is 0.911. The Labute approximate surface area is 360 Å². The van der Waals surface area contributed by atoms with Gasteiger partial charge in [0.15, 0.2) is 0 Å². The van der Waals surface area contributed by atoms with Gasteiger partial charge in [-0.1, -0.05) is 176 Å². The molecule has 0 saturated heterocycles. The monoisotopic (exact) mass is 789 g/mol. The van der Waals surface area contributed by atoms with Crippen molar-refractivity contribution in [2.75, 3.05) is 4.90 Å². The molecule has 0 amide bonds. The molecule has 1 aromatic heterocycles. The summed E-state index contributed by atoms with van der Waals surface area (Å²) in [5.74, 6) is 0. The van der Waals surface area contributed by atoms with E-state index in [-0.39, 0.29) is 0 Å². The van der Waals surface area contributed by atoms with Crippen molar-refractivity contribution in [2.24, 2.45) is 0 Å². The van der Waals surface area contributed by atoms with E-state index in [1.54, 1.807) is 0 Å². The van der Waals surface area contributed by atoms with Gasteiger partial charge >= 0.3 is 0 Å². The molecular weight excluding hydrogens is 751 g/mol. The first-order valence-corrected chi connectivity index (χ1v) is 21.2. The second-order valence-electron chi connectivity index (χ2n) is 16.0. The summed E-state index contributed by atoms with van der Waals surface area (Å²) in [7, 11) is 0. The van der Waals surface area contributed by atoms with E-state index in [9.17, 15) is 0 Å². The SMILES string of the molecule is C(=C\c1ccc2c(c1)oc1cc(N(c3ccccc3)c3ccccc3)ccc12)/c1ccc(-c2cc(-c3ccccc3)c3c(c2-c2ccccc2)-c2cccc4cccc-3c24)cc1. The highest BCUT2D eigenvalue weighted by molar-refractivity contribution is 6.22. The van der Waals surface area contributed by atoms with E-state index in [0.717, 1.165) is 50.1 Å². The van der Waals surface area contributed by atoms with Gasteiger partial charge in [-0.05, 0) is 132 Å². The number of fused-ring (bicyclic) bond motifs is 6. The summed E-state index contributed by atoms with van der Waals surface area (Å²) < 4.78 is 6.57. The standard InChI is InChI=1S/C60H39NO/c1-5-15-42(16-6-1)54-39-53(58(45-17-7-2-8-18-45)60-52-26-14-20-44-19-13-25-51(57(44)52)59(54)60)43-32-29-40(30-33-43)27-28-41-31-35-49-50-36-34-48(38-56(50)62-55(49)37-41)61(46-21-9-3-10-22-46)47-23-11-4-12-24-47/h1-39H/b28-27+. The third-order valence-corrected chi connectivity index (χ3v) is 12.4. The average molecular weight is 790 g/mol. The minimum Gasteiger partial charge on any atom is -0.456 e. The highest BCUT2D eigenvalue weighted by Gasteiger charge is 2.30. The molecule has 0 aliphatic heterocycles. The van der Waals surface area contributed by atoms with Crippen LogP contribution in [0.1, 0.15) is 11.1 Å². The molecule has 290 valence electrons. The van der Waals surface area contributed by atoms with Crippen molar-refractivity contribution in [3.8, 4) is 55.6 Å². The molecule has 0 N–H and O–H groups in total. The van der Waals surface area contributed by atoms with Crippen molar-refractivity contribution in [1.29, 1.82) is 0 Å². The van der Waals surface area contributed by atoms with Crippen molar-refractivity contribution in [3.63, 3.8) is 0 Å². The minimum atomic E-state index is 0.864. The Morgan fingerprint density at radius 1 is 0.323 bits per heavy atom. The highest BCUT2D eigenvalue weighted by atomic mass is 16.3. The maximum atomic E-state index is 6.57. The fourth-order valence-electron chi connectivity index (χ4n) is 9.56. The van der Waals surface area contributed by atoms with E-state index in [1.165, 1.54) is 66.4 Å². The van der Waals surface area contributed by atoms with Crippen LogP contribution in [0.25, 0.3) is 100 Å². The quantitative estimate of drug-likeness (QED) is 0.143. The van der Waals surface area contributed by atoms with E-state index < -0.39 is 0 Å². The third-order valence-electron chi connectivity index (χ3n) is 12.4. The first-order chi connectivity index (χ1) is 30.7. The van der Waals surface area contributed by atoms with Crippen molar-refractivity contribution < 1.29 is 4.42 Å². The Bertz CT molecular complexity index is 3430. The van der Waals surface area contributed by atoms with Crippen molar-refractivity contribution in [2.45, 2.75) is 0 Å². The summed E-state index contributed by atoms with van der Waals surface area (Å²) in [6.45, 7) is 0. The number of furan rings is 1. The largest absolute Gasteiger partial charge is 0.456 e. The number of para-hydroxylation sites is 2. The van der Waals surface area contributed by atoms with Gasteiger partial charge in [-0.15, -0.1) is 0 Å². The summed E-state index contributed by atoms with van der Waals surface area (Å²) >= 11 is 0. The van der Waals surface area contributed by atoms with E-state index in [0.29, 0.717) is 0 Å². The van der Waals surface area contributed by atoms with Crippen LogP contribution < -0.4 is 4.90 Å². The van der Waals surface area contributed by atoms with Crippen molar-refractivity contribution in [3.05, 3.63) is 236 Å². The molecule has 10 aromatic carbocycles. The van der Waals surface area contributed by atoms with E-state index in [1.807, 2.05) is 12.1 Å². The maximum absolute atomic E-state index is 6.57. The molecule has 2 heteroatoms. The normalized spacial score (nSPS) is 11.8. The maximum Gasteiger partial charge on any atom is 0.137 e. The summed E-state index contributed by atoms with van der Waals surface area (Å²) in [6, 6.07) is 80.7. The smallest absolute Gasteiger partial charge is 0.137 e. The van der Waals surface area contributed by atoms with Crippen LogP contribution in [0.3, 0.4) is 0 Å². The molecule has 0 unspecified atom stereocenters. The highest BCUT2D eigenvalue weighted by Crippen LogP contribution is 2.57. The van der Waals surface area contributed by atoms with Gasteiger partial charge in [-0.25, -0.2) is 0 Å². The molecular formula is C60H39NO. The summed E-state index contributed by atoms with van der Waals surface area (Å²) in [6.07, 6.45) is 4.37. The first-order valence-electron chi connectivity index (χ1n) is 21.2. The van der Waals surface area contributed by atoms with Gasteiger partial charge in [0.1, 0.15) is 11.2 Å². The van der Waals surface area contributed by atoms with E-state index >= 15 is 0 Å². The van der Waals surface area contributed by atoms with Crippen LogP contribution in [0.2, 0.25) is 0 Å². The Hall–Kier alpha value is -8.20. The van der Waals surface area contributed by atoms with Crippen molar-refractivity contribution >= 4 is 61.9 Å². The lowest BCUT2D eigenvalue weighted by Gasteiger charge is -2.25. The molecule has 0 spiro atoms. The molecule has 0 bridgehead atoms. The van der Waals surface area contributed by atoms with Crippen LogP contribution >= 0.6 is 0 Å². The molecule has 1 heterocycles. The Morgan fingerprint density at radius 2 is 0.839 bits per heavy atom. The van der Waals surface area contributed by atoms with Gasteiger partial charge in [-0.3, -0.25) is 0 Å². The van der Waals surface area contributed by atoms with Crippen molar-refractivity contribution in [1.82, 2.24) is 0 Å². The predicted octanol–water partition coefficient (Wildman–Crippen LogP) is 17.0. The topological polar surface area (TPSA) is 16.4 Å². The lowest BCUT2D eigenvalue weighted by Crippen LogP contribution is -2.09. The number of nitrogens with zero attached hydrogens (tertiary/aromatic N) is 1. The lowest BCUT2D eigenvalue weighted by molar-refractivity contribution is 0.669. The van der Waals surface area contributed by atoms with Gasteiger partial charge in [0.05, 0.1) is 0 Å². The summed E-state index contributed by atoms with van der Waals surface area (Å²) in [4.78, 5) is 2.26. The summed E-state index contributed by atoms with van der Waals surface area (Å²) in [5.41, 5.74) is 19.8. The molecule has 0 saturated carbocycles. The number of rotatable bonds is 8. The molecule has 12 rings (SSSR count). The second-order valence-corrected chi connectivity index (χ2v) is 16.0. The third kappa shape index (κ3) is 6.04. The molecule has 62 heavy (non-hydrogen) atoms. The molecule has 2 nitrogen and oxygen atoms in total. The summed E-state index contributed by atoms with van der Waals surface area (Å²) in [5, 5.41) is 4.82. The zero-order chi connectivity index (χ0) is 41.0. The fourth-order valence-corrected chi connectivity index (χ4v) is 9.56. The average Bonchev–Trinajstić information content (AvgIpc) is 3.88. The zero-order valence-corrected chi connectivity index (χ0v) is 33.9. The van der Waals surface area contributed by atoms with Crippen LogP contribution in [0.15, 0.2) is 229 Å². The lowest BCUT2D eigenvalue weighted by atomic mass is 9.82. The molecule has 0 atom stereocenters. The number of hydrogen-bond acceptors (Lipinski definition) is 2. The fraction of sp³-hybridized carbons (Fsp3) is 0. The predicted molar refractivity (Wildman–Crippen MR) is 262 cm³/mol. The number of hydrogen-bond donors (Lipinski definition) is 0. The first kappa shape index (κ1) is 35.7. The van der Waals surface area contributed by atoms with E-state index in [4.69, 9.17) is 4.42 Å². The minimum absolute atomic E-state index is 0.864. The van der Waals surface area contributed by atoms with Gasteiger partial charge in [0, 0.05) is 33.9 Å². The second kappa shape index (κ2) is 14.8. The van der Waals surface area contributed by atoms with Crippen LogP contribution in [0.4, 0.5) is 17.1 Å². The number of benzene rings is 10.